The molecule has 0 saturated heterocycles. The molecule has 1 amide bonds. The number of quaternary nitrogens is 1. The number of carbonyl (C=O) groups excluding carboxylic acids is 1. The minimum Gasteiger partial charge on any atom is -0.351 e. The number of aliphatic imine (C=N–C) groups is 1. The van der Waals surface area contributed by atoms with E-state index in [4.69, 9.17) is 4.99 Å². The number of carbonyl (C=O) groups is 1. The number of unbranched alkanes of at least 4 members (excludes halogenated alkanes) is 5. The topological polar surface area (TPSA) is 41.5 Å². The van der Waals surface area contributed by atoms with Crippen molar-refractivity contribution in [1.82, 2.24) is 5.32 Å². The molecule has 1 aliphatic rings. The van der Waals surface area contributed by atoms with E-state index >= 15 is 0 Å². The highest BCUT2D eigenvalue weighted by Crippen LogP contribution is 2.19. The highest BCUT2D eigenvalue weighted by molar-refractivity contribution is 5.77. The number of amides is 1. The standard InChI is InChI=1S/C20H37N3O/c1-4-6-7-8-9-10-11-12-13-14-20-22-16-18-23(20,5-2)17-15-21-19(3)24/h10-11H,4-9,12-18H2,1-3H3/p+1/b11-10+. The molecule has 1 aliphatic heterocycles. The summed E-state index contributed by atoms with van der Waals surface area (Å²) in [7, 11) is 0. The first-order valence-corrected chi connectivity index (χ1v) is 9.94. The molecule has 1 N–H and O–H groups in total. The van der Waals surface area contributed by atoms with Gasteiger partial charge in [-0.1, -0.05) is 38.3 Å². The summed E-state index contributed by atoms with van der Waals surface area (Å²) < 4.78 is 0.973. The van der Waals surface area contributed by atoms with Crippen molar-refractivity contribution in [2.24, 2.45) is 4.99 Å². The third-order valence-electron chi connectivity index (χ3n) is 5.05. The molecule has 1 rings (SSSR count). The van der Waals surface area contributed by atoms with Gasteiger partial charge >= 0.3 is 0 Å². The SMILES string of the molecule is CCCCCC/C=C/CCCC1=NCC[N+]1(CC)CCNC(C)=O. The van der Waals surface area contributed by atoms with Crippen LogP contribution in [0.4, 0.5) is 0 Å². The molecule has 1 atom stereocenters. The number of allylic oxidation sites excluding steroid dienone is 2. The zero-order valence-electron chi connectivity index (χ0n) is 16.1. The van der Waals surface area contributed by atoms with Crippen molar-refractivity contribution in [2.75, 3.05) is 32.7 Å². The van der Waals surface area contributed by atoms with Crippen LogP contribution < -0.4 is 5.32 Å². The first kappa shape index (κ1) is 20.9. The average molecular weight is 337 g/mol. The van der Waals surface area contributed by atoms with E-state index in [9.17, 15) is 4.79 Å². The second kappa shape index (κ2) is 12.2. The molecule has 24 heavy (non-hydrogen) atoms. The van der Waals surface area contributed by atoms with Crippen LogP contribution in [0, 0.1) is 0 Å². The molecule has 0 aromatic heterocycles. The van der Waals surface area contributed by atoms with Gasteiger partial charge in [0, 0.05) is 13.3 Å². The number of rotatable bonds is 13. The summed E-state index contributed by atoms with van der Waals surface area (Å²) in [5, 5.41) is 2.94. The fourth-order valence-electron chi connectivity index (χ4n) is 3.45. The Balaban J connectivity index is 2.27. The van der Waals surface area contributed by atoms with E-state index < -0.39 is 0 Å². The molecule has 138 valence electrons. The minimum atomic E-state index is 0.0611. The molecular weight excluding hydrogens is 298 g/mol. The van der Waals surface area contributed by atoms with Gasteiger partial charge in [0.15, 0.2) is 5.84 Å². The van der Waals surface area contributed by atoms with Gasteiger partial charge in [-0.25, -0.2) is 4.99 Å². The van der Waals surface area contributed by atoms with E-state index in [-0.39, 0.29) is 5.91 Å². The fourth-order valence-corrected chi connectivity index (χ4v) is 3.45. The number of nitrogens with zero attached hydrogens (tertiary/aromatic N) is 2. The molecule has 0 aromatic rings. The Bertz CT molecular complexity index is 417. The highest BCUT2D eigenvalue weighted by Gasteiger charge is 2.35. The molecule has 0 fully saturated rings. The van der Waals surface area contributed by atoms with E-state index in [1.807, 2.05) is 0 Å². The summed E-state index contributed by atoms with van der Waals surface area (Å²) in [4.78, 5) is 15.9. The van der Waals surface area contributed by atoms with E-state index in [0.29, 0.717) is 0 Å². The summed E-state index contributed by atoms with van der Waals surface area (Å²) in [6.07, 6.45) is 14.7. The van der Waals surface area contributed by atoms with Gasteiger partial charge in [0.05, 0.1) is 19.6 Å². The number of nitrogens with one attached hydrogen (secondary N) is 1. The van der Waals surface area contributed by atoms with Crippen LogP contribution in [0.3, 0.4) is 0 Å². The van der Waals surface area contributed by atoms with Crippen LogP contribution in [0.2, 0.25) is 0 Å². The van der Waals surface area contributed by atoms with Gasteiger partial charge in [-0.2, -0.15) is 0 Å². The number of hydrogen-bond donors (Lipinski definition) is 1. The molecule has 0 saturated carbocycles. The fraction of sp³-hybridized carbons (Fsp3) is 0.800. The maximum Gasteiger partial charge on any atom is 0.217 e. The third kappa shape index (κ3) is 7.61. The second-order valence-electron chi connectivity index (χ2n) is 6.90. The summed E-state index contributed by atoms with van der Waals surface area (Å²) >= 11 is 0. The van der Waals surface area contributed by atoms with Crippen LogP contribution in [0.1, 0.15) is 72.1 Å². The van der Waals surface area contributed by atoms with Crippen molar-refractivity contribution in [3.63, 3.8) is 0 Å². The smallest absolute Gasteiger partial charge is 0.217 e. The monoisotopic (exact) mass is 336 g/mol. The molecule has 4 nitrogen and oxygen atoms in total. The van der Waals surface area contributed by atoms with Gasteiger partial charge in [0.2, 0.25) is 5.91 Å². The predicted molar refractivity (Wildman–Crippen MR) is 103 cm³/mol. The van der Waals surface area contributed by atoms with Crippen LogP contribution in [-0.4, -0.2) is 48.9 Å². The van der Waals surface area contributed by atoms with Gasteiger partial charge in [0.1, 0.15) is 13.1 Å². The van der Waals surface area contributed by atoms with Gasteiger partial charge in [0.25, 0.3) is 0 Å². The predicted octanol–water partition coefficient (Wildman–Crippen LogP) is 4.07. The third-order valence-corrected chi connectivity index (χ3v) is 5.05. The summed E-state index contributed by atoms with van der Waals surface area (Å²) in [6, 6.07) is 0. The van der Waals surface area contributed by atoms with E-state index in [1.54, 1.807) is 6.92 Å². The average Bonchev–Trinajstić information content (AvgIpc) is 2.96. The maximum atomic E-state index is 11.1. The van der Waals surface area contributed by atoms with Crippen molar-refractivity contribution in [3.8, 4) is 0 Å². The zero-order valence-corrected chi connectivity index (χ0v) is 16.1. The number of amidine groups is 1. The Morgan fingerprint density at radius 3 is 2.58 bits per heavy atom. The minimum absolute atomic E-state index is 0.0611. The van der Waals surface area contributed by atoms with Crippen molar-refractivity contribution in [3.05, 3.63) is 12.2 Å². The van der Waals surface area contributed by atoms with Crippen LogP contribution in [0.5, 0.6) is 0 Å². The highest BCUT2D eigenvalue weighted by atomic mass is 16.1. The lowest BCUT2D eigenvalue weighted by atomic mass is 10.1. The molecule has 0 aromatic carbocycles. The molecule has 0 spiro atoms. The summed E-state index contributed by atoms with van der Waals surface area (Å²) in [5.74, 6) is 1.41. The summed E-state index contributed by atoms with van der Waals surface area (Å²) in [5.41, 5.74) is 0. The number of hydrogen-bond acceptors (Lipinski definition) is 2. The van der Waals surface area contributed by atoms with Crippen molar-refractivity contribution in [2.45, 2.75) is 72.1 Å². The van der Waals surface area contributed by atoms with Crippen molar-refractivity contribution in [1.29, 1.82) is 0 Å². The van der Waals surface area contributed by atoms with Crippen molar-refractivity contribution >= 4 is 11.7 Å². The molecule has 1 unspecified atom stereocenters. The van der Waals surface area contributed by atoms with Crippen molar-refractivity contribution < 1.29 is 9.28 Å². The van der Waals surface area contributed by atoms with E-state index in [0.717, 1.165) is 50.0 Å². The molecule has 0 aliphatic carbocycles. The van der Waals surface area contributed by atoms with Gasteiger partial charge in [-0.15, -0.1) is 0 Å². The largest absolute Gasteiger partial charge is 0.351 e. The van der Waals surface area contributed by atoms with E-state index in [1.165, 1.54) is 44.4 Å². The molecule has 0 radical (unpaired) electrons. The van der Waals surface area contributed by atoms with Crippen LogP contribution in [0.25, 0.3) is 0 Å². The van der Waals surface area contributed by atoms with Gasteiger partial charge in [-0.05, 0) is 32.6 Å². The summed E-state index contributed by atoms with van der Waals surface area (Å²) in [6.45, 7) is 10.9. The Morgan fingerprint density at radius 1 is 1.17 bits per heavy atom. The van der Waals surface area contributed by atoms with Gasteiger partial charge < -0.3 is 5.32 Å². The Labute approximate surface area is 149 Å². The van der Waals surface area contributed by atoms with E-state index in [2.05, 4.69) is 31.3 Å². The zero-order chi connectivity index (χ0) is 17.7. The lowest BCUT2D eigenvalue weighted by Crippen LogP contribution is -2.54. The lowest BCUT2D eigenvalue weighted by molar-refractivity contribution is -0.833. The van der Waals surface area contributed by atoms with Crippen LogP contribution >= 0.6 is 0 Å². The normalized spacial score (nSPS) is 20.5. The molecule has 4 heteroatoms. The first-order chi connectivity index (χ1) is 11.6. The maximum absolute atomic E-state index is 11.1. The van der Waals surface area contributed by atoms with Crippen LogP contribution in [-0.2, 0) is 4.79 Å². The Kier molecular flexibility index (Phi) is 10.6. The second-order valence-corrected chi connectivity index (χ2v) is 6.90. The number of likely N-dealkylation sites (N-methyl/N-ethyl adjacent to an activating group) is 1. The Hall–Kier alpha value is -1.16. The first-order valence-electron chi connectivity index (χ1n) is 9.94. The Morgan fingerprint density at radius 2 is 1.92 bits per heavy atom. The molecular formula is C20H38N3O+. The molecule has 1 heterocycles. The van der Waals surface area contributed by atoms with Gasteiger partial charge in [-0.3, -0.25) is 9.28 Å². The quantitative estimate of drug-likeness (QED) is 0.307. The van der Waals surface area contributed by atoms with Crippen LogP contribution in [0.15, 0.2) is 17.1 Å². The molecule has 0 bridgehead atoms. The lowest BCUT2D eigenvalue weighted by Gasteiger charge is -2.33.